The van der Waals surface area contributed by atoms with Crippen LogP contribution in [0.15, 0.2) is 42.5 Å². The van der Waals surface area contributed by atoms with E-state index in [2.05, 4.69) is 18.8 Å². The number of benzene rings is 1. The first kappa shape index (κ1) is 20.0. The first-order valence-corrected chi connectivity index (χ1v) is 9.62. The van der Waals surface area contributed by atoms with Gasteiger partial charge in [0.15, 0.2) is 0 Å². The van der Waals surface area contributed by atoms with Crippen LogP contribution in [0.1, 0.15) is 42.0 Å². The fraction of sp³-hybridized carbons (Fsp3) is 0.409. The van der Waals surface area contributed by atoms with E-state index in [1.54, 1.807) is 23.1 Å². The molecule has 1 aromatic carbocycles. The maximum atomic E-state index is 13.2. The van der Waals surface area contributed by atoms with Crippen LogP contribution in [0, 0.1) is 18.7 Å². The van der Waals surface area contributed by atoms with Gasteiger partial charge in [-0.15, -0.1) is 0 Å². The second kappa shape index (κ2) is 8.50. The molecule has 0 unspecified atom stereocenters. The molecule has 2 amide bonds. The summed E-state index contributed by atoms with van der Waals surface area (Å²) >= 11 is 0. The zero-order chi connectivity index (χ0) is 20.3. The number of carbonyl (C=O) groups excluding carboxylic acids is 2. The lowest BCUT2D eigenvalue weighted by molar-refractivity contribution is -0.134. The third kappa shape index (κ3) is 4.55. The van der Waals surface area contributed by atoms with Crippen molar-refractivity contribution in [1.29, 1.82) is 0 Å². The summed E-state index contributed by atoms with van der Waals surface area (Å²) in [5, 5.41) is 0. The molecule has 0 radical (unpaired) electrons. The Bertz CT molecular complexity index is 851. The number of carbonyl (C=O) groups is 2. The predicted octanol–water partition coefficient (Wildman–Crippen LogP) is 3.43. The molecular formula is C22H26FN3O2. The average Bonchev–Trinajstić information content (AvgIpc) is 2.83. The van der Waals surface area contributed by atoms with Gasteiger partial charge in [0, 0.05) is 31.7 Å². The lowest BCUT2D eigenvalue weighted by Crippen LogP contribution is -2.47. The SMILES string of the molecule is Cc1cccc(C(=O)N2CCC(=O)N(Cc3ccc(F)cc3)[C@@H](C(C)C)C2)n1. The van der Waals surface area contributed by atoms with E-state index in [-0.39, 0.29) is 36.0 Å². The number of aromatic nitrogens is 1. The molecule has 1 aromatic heterocycles. The summed E-state index contributed by atoms with van der Waals surface area (Å²) in [5.41, 5.74) is 2.07. The van der Waals surface area contributed by atoms with Gasteiger partial charge < -0.3 is 9.80 Å². The molecule has 1 atom stereocenters. The topological polar surface area (TPSA) is 53.5 Å². The molecule has 1 aliphatic heterocycles. The second-order valence-corrected chi connectivity index (χ2v) is 7.62. The van der Waals surface area contributed by atoms with Crippen LogP contribution in [0.25, 0.3) is 0 Å². The van der Waals surface area contributed by atoms with Gasteiger partial charge >= 0.3 is 0 Å². The summed E-state index contributed by atoms with van der Waals surface area (Å²) in [6.07, 6.45) is 0.266. The quantitative estimate of drug-likeness (QED) is 0.813. The van der Waals surface area contributed by atoms with Crippen molar-refractivity contribution in [2.24, 2.45) is 5.92 Å². The molecular weight excluding hydrogens is 357 g/mol. The average molecular weight is 383 g/mol. The molecule has 2 aromatic rings. The fourth-order valence-corrected chi connectivity index (χ4v) is 3.55. The van der Waals surface area contributed by atoms with Crippen molar-refractivity contribution in [2.45, 2.75) is 39.8 Å². The van der Waals surface area contributed by atoms with Crippen molar-refractivity contribution in [3.8, 4) is 0 Å². The van der Waals surface area contributed by atoms with Crippen LogP contribution in [0.3, 0.4) is 0 Å². The van der Waals surface area contributed by atoms with Gasteiger partial charge in [-0.3, -0.25) is 9.59 Å². The standard InChI is InChI=1S/C22H26FN3O2/c1-15(2)20-14-25(22(28)19-6-4-5-16(3)24-19)12-11-21(27)26(20)13-17-7-9-18(23)10-8-17/h4-10,15,20H,11-14H2,1-3H3/t20-/m1/s1. The molecule has 0 bridgehead atoms. The van der Waals surface area contributed by atoms with Gasteiger partial charge in [0.2, 0.25) is 5.91 Å². The summed E-state index contributed by atoms with van der Waals surface area (Å²) in [6, 6.07) is 11.5. The molecule has 0 spiro atoms. The largest absolute Gasteiger partial charge is 0.335 e. The van der Waals surface area contributed by atoms with E-state index < -0.39 is 0 Å². The van der Waals surface area contributed by atoms with E-state index in [4.69, 9.17) is 0 Å². The Balaban J connectivity index is 1.83. The van der Waals surface area contributed by atoms with Crippen molar-refractivity contribution < 1.29 is 14.0 Å². The molecule has 3 rings (SSSR count). The second-order valence-electron chi connectivity index (χ2n) is 7.62. The van der Waals surface area contributed by atoms with E-state index in [0.29, 0.717) is 25.3 Å². The minimum atomic E-state index is -0.297. The lowest BCUT2D eigenvalue weighted by atomic mass is 10.0. The van der Waals surface area contributed by atoms with E-state index in [1.165, 1.54) is 12.1 Å². The lowest BCUT2D eigenvalue weighted by Gasteiger charge is -2.34. The van der Waals surface area contributed by atoms with Gasteiger partial charge in [0.25, 0.3) is 5.91 Å². The van der Waals surface area contributed by atoms with E-state index in [9.17, 15) is 14.0 Å². The summed E-state index contributed by atoms with van der Waals surface area (Å²) < 4.78 is 13.2. The molecule has 1 aliphatic rings. The van der Waals surface area contributed by atoms with Gasteiger partial charge in [0.1, 0.15) is 11.5 Å². The van der Waals surface area contributed by atoms with Gasteiger partial charge in [-0.25, -0.2) is 9.37 Å². The molecule has 6 heteroatoms. The van der Waals surface area contributed by atoms with Crippen LogP contribution >= 0.6 is 0 Å². The molecule has 5 nitrogen and oxygen atoms in total. The zero-order valence-corrected chi connectivity index (χ0v) is 16.6. The van der Waals surface area contributed by atoms with Gasteiger partial charge in [-0.2, -0.15) is 0 Å². The molecule has 148 valence electrons. The van der Waals surface area contributed by atoms with Crippen molar-refractivity contribution in [2.75, 3.05) is 13.1 Å². The number of amides is 2. The first-order chi connectivity index (χ1) is 13.3. The highest BCUT2D eigenvalue weighted by Gasteiger charge is 2.34. The van der Waals surface area contributed by atoms with Crippen molar-refractivity contribution in [3.63, 3.8) is 0 Å². The zero-order valence-electron chi connectivity index (χ0n) is 16.6. The number of hydrogen-bond acceptors (Lipinski definition) is 3. The van der Waals surface area contributed by atoms with E-state index in [0.717, 1.165) is 11.3 Å². The van der Waals surface area contributed by atoms with Gasteiger partial charge in [0.05, 0.1) is 6.04 Å². The Labute approximate surface area is 165 Å². The molecule has 0 N–H and O–H groups in total. The van der Waals surface area contributed by atoms with Gasteiger partial charge in [-0.1, -0.05) is 32.0 Å². The highest BCUT2D eigenvalue weighted by atomic mass is 19.1. The van der Waals surface area contributed by atoms with Crippen LogP contribution in [0.2, 0.25) is 0 Å². The molecule has 2 heterocycles. The molecule has 0 saturated carbocycles. The predicted molar refractivity (Wildman–Crippen MR) is 105 cm³/mol. The third-order valence-electron chi connectivity index (χ3n) is 5.15. The summed E-state index contributed by atoms with van der Waals surface area (Å²) in [7, 11) is 0. The highest BCUT2D eigenvalue weighted by Crippen LogP contribution is 2.22. The number of halogens is 1. The summed E-state index contributed by atoms with van der Waals surface area (Å²) in [6.45, 7) is 7.19. The maximum absolute atomic E-state index is 13.2. The molecule has 28 heavy (non-hydrogen) atoms. The van der Waals surface area contributed by atoms with E-state index in [1.807, 2.05) is 24.0 Å². The molecule has 0 aliphatic carbocycles. The number of pyridine rings is 1. The normalized spacial score (nSPS) is 17.8. The van der Waals surface area contributed by atoms with Gasteiger partial charge in [-0.05, 0) is 42.7 Å². The van der Waals surface area contributed by atoms with Crippen LogP contribution < -0.4 is 0 Å². The van der Waals surface area contributed by atoms with Crippen molar-refractivity contribution in [1.82, 2.24) is 14.8 Å². The molecule has 1 fully saturated rings. The number of aryl methyl sites for hydroxylation is 1. The van der Waals surface area contributed by atoms with E-state index >= 15 is 0 Å². The number of hydrogen-bond donors (Lipinski definition) is 0. The maximum Gasteiger partial charge on any atom is 0.272 e. The highest BCUT2D eigenvalue weighted by molar-refractivity contribution is 5.93. The first-order valence-electron chi connectivity index (χ1n) is 9.62. The summed E-state index contributed by atoms with van der Waals surface area (Å²) in [4.78, 5) is 33.7. The monoisotopic (exact) mass is 383 g/mol. The number of rotatable bonds is 4. The van der Waals surface area contributed by atoms with Crippen LogP contribution in [-0.2, 0) is 11.3 Å². The minimum absolute atomic E-state index is 0.00975. The third-order valence-corrected chi connectivity index (χ3v) is 5.15. The van der Waals surface area contributed by atoms with Crippen molar-refractivity contribution >= 4 is 11.8 Å². The Morgan fingerprint density at radius 1 is 1.21 bits per heavy atom. The summed E-state index contributed by atoms with van der Waals surface area (Å²) in [5.74, 6) is -0.265. The smallest absolute Gasteiger partial charge is 0.272 e. The number of nitrogens with zero attached hydrogens (tertiary/aromatic N) is 3. The minimum Gasteiger partial charge on any atom is -0.335 e. The Morgan fingerprint density at radius 3 is 2.57 bits per heavy atom. The molecule has 1 saturated heterocycles. The fourth-order valence-electron chi connectivity index (χ4n) is 3.55. The van der Waals surface area contributed by atoms with Crippen molar-refractivity contribution in [3.05, 3.63) is 65.2 Å². The Morgan fingerprint density at radius 2 is 1.93 bits per heavy atom. The van der Waals surface area contributed by atoms with Crippen LogP contribution in [-0.4, -0.2) is 45.7 Å². The Kier molecular flexibility index (Phi) is 6.07. The Hall–Kier alpha value is -2.76. The van der Waals surface area contributed by atoms with Crippen LogP contribution in [0.5, 0.6) is 0 Å². The van der Waals surface area contributed by atoms with Crippen LogP contribution in [0.4, 0.5) is 4.39 Å².